The number of halogens is 1. The Kier molecular flexibility index (Phi) is 6.05. The van der Waals surface area contributed by atoms with E-state index in [1.165, 1.54) is 12.1 Å². The Morgan fingerprint density at radius 1 is 1.18 bits per heavy atom. The molecule has 0 bridgehead atoms. The van der Waals surface area contributed by atoms with E-state index >= 15 is 0 Å². The Labute approximate surface area is 167 Å². The average Bonchev–Trinajstić information content (AvgIpc) is 3.04. The standard InChI is InChI=1S/C18H19ClN4O4S/c19-8-1-9-28(26,27)23-13-4-7-16-15(11-13)18(22-21-16)20-17(25)10-12-2-5-14(24)6-3-12/h2-7,11,23-24H,1,8-10H2,(H2,20,21,22,25). The molecule has 0 aliphatic rings. The summed E-state index contributed by atoms with van der Waals surface area (Å²) in [4.78, 5) is 12.3. The topological polar surface area (TPSA) is 124 Å². The number of anilines is 2. The molecule has 1 amide bonds. The van der Waals surface area contributed by atoms with Gasteiger partial charge in [0.05, 0.1) is 17.7 Å². The molecule has 0 aliphatic heterocycles. The van der Waals surface area contributed by atoms with Crippen LogP contribution in [0.1, 0.15) is 12.0 Å². The van der Waals surface area contributed by atoms with E-state index in [1.807, 2.05) is 0 Å². The van der Waals surface area contributed by atoms with Crippen LogP contribution in [-0.2, 0) is 21.2 Å². The van der Waals surface area contributed by atoms with Crippen LogP contribution in [-0.4, -0.2) is 41.3 Å². The first-order valence-electron chi connectivity index (χ1n) is 8.48. The minimum atomic E-state index is -3.50. The van der Waals surface area contributed by atoms with E-state index in [2.05, 4.69) is 20.2 Å². The van der Waals surface area contributed by atoms with Gasteiger partial charge in [0, 0.05) is 17.0 Å². The number of fused-ring (bicyclic) bond motifs is 1. The molecule has 0 spiro atoms. The lowest BCUT2D eigenvalue weighted by molar-refractivity contribution is -0.115. The predicted molar refractivity (Wildman–Crippen MR) is 109 cm³/mol. The van der Waals surface area contributed by atoms with E-state index in [9.17, 15) is 18.3 Å². The molecule has 2 aromatic carbocycles. The van der Waals surface area contributed by atoms with Crippen molar-refractivity contribution in [3.63, 3.8) is 0 Å². The fourth-order valence-corrected chi connectivity index (χ4v) is 4.03. The van der Waals surface area contributed by atoms with Crippen LogP contribution >= 0.6 is 11.6 Å². The molecule has 0 radical (unpaired) electrons. The van der Waals surface area contributed by atoms with Crippen molar-refractivity contribution in [2.45, 2.75) is 12.8 Å². The van der Waals surface area contributed by atoms with Crippen molar-refractivity contribution in [1.29, 1.82) is 0 Å². The van der Waals surface area contributed by atoms with Gasteiger partial charge in [-0.1, -0.05) is 12.1 Å². The van der Waals surface area contributed by atoms with Gasteiger partial charge >= 0.3 is 0 Å². The molecular formula is C18H19ClN4O4S. The number of phenols is 1. The van der Waals surface area contributed by atoms with Gasteiger partial charge in [-0.25, -0.2) is 8.42 Å². The third kappa shape index (κ3) is 5.14. The summed E-state index contributed by atoms with van der Waals surface area (Å²) in [6, 6.07) is 11.2. The lowest BCUT2D eigenvalue weighted by Crippen LogP contribution is -2.17. The first-order valence-corrected chi connectivity index (χ1v) is 10.7. The molecule has 0 unspecified atom stereocenters. The van der Waals surface area contributed by atoms with E-state index in [0.29, 0.717) is 28.8 Å². The monoisotopic (exact) mass is 422 g/mol. The zero-order valence-corrected chi connectivity index (χ0v) is 16.3. The van der Waals surface area contributed by atoms with Crippen molar-refractivity contribution in [2.24, 2.45) is 0 Å². The molecule has 1 heterocycles. The first kappa shape index (κ1) is 20.0. The van der Waals surface area contributed by atoms with Crippen LogP contribution in [0.2, 0.25) is 0 Å². The highest BCUT2D eigenvalue weighted by atomic mass is 35.5. The fourth-order valence-electron chi connectivity index (χ4n) is 2.62. The van der Waals surface area contributed by atoms with Gasteiger partial charge in [-0.2, -0.15) is 5.10 Å². The quantitative estimate of drug-likeness (QED) is 0.415. The zero-order valence-electron chi connectivity index (χ0n) is 14.8. The van der Waals surface area contributed by atoms with Gasteiger partial charge in [0.2, 0.25) is 15.9 Å². The molecule has 4 N–H and O–H groups in total. The zero-order chi connectivity index (χ0) is 20.1. The number of nitrogens with zero attached hydrogens (tertiary/aromatic N) is 1. The summed E-state index contributed by atoms with van der Waals surface area (Å²) in [7, 11) is -3.50. The van der Waals surface area contributed by atoms with Crippen LogP contribution in [0.3, 0.4) is 0 Å². The smallest absolute Gasteiger partial charge is 0.232 e. The van der Waals surface area contributed by atoms with Crippen molar-refractivity contribution in [3.8, 4) is 5.75 Å². The van der Waals surface area contributed by atoms with E-state index < -0.39 is 10.0 Å². The molecule has 3 aromatic rings. The van der Waals surface area contributed by atoms with Crippen LogP contribution in [0.15, 0.2) is 42.5 Å². The summed E-state index contributed by atoms with van der Waals surface area (Å²) in [5.41, 5.74) is 1.77. The molecule has 1 aromatic heterocycles. The number of amides is 1. The molecule has 0 atom stereocenters. The molecular weight excluding hydrogens is 404 g/mol. The summed E-state index contributed by atoms with van der Waals surface area (Å²) >= 11 is 5.55. The number of carbonyl (C=O) groups excluding carboxylic acids is 1. The first-order chi connectivity index (χ1) is 13.4. The third-order valence-corrected chi connectivity index (χ3v) is 5.58. The van der Waals surface area contributed by atoms with Crippen molar-refractivity contribution >= 4 is 49.9 Å². The fraction of sp³-hybridized carbons (Fsp3) is 0.222. The van der Waals surface area contributed by atoms with Gasteiger partial charge < -0.3 is 10.4 Å². The second-order valence-electron chi connectivity index (χ2n) is 6.19. The Morgan fingerprint density at radius 2 is 1.93 bits per heavy atom. The summed E-state index contributed by atoms with van der Waals surface area (Å²) in [5.74, 6) is 0.339. The summed E-state index contributed by atoms with van der Waals surface area (Å²) in [6.07, 6.45) is 0.461. The number of hydrogen-bond donors (Lipinski definition) is 4. The van der Waals surface area contributed by atoms with Crippen molar-refractivity contribution in [1.82, 2.24) is 10.2 Å². The van der Waals surface area contributed by atoms with Crippen LogP contribution in [0.4, 0.5) is 11.5 Å². The highest BCUT2D eigenvalue weighted by Crippen LogP contribution is 2.25. The maximum absolute atomic E-state index is 12.3. The normalized spacial score (nSPS) is 11.5. The number of carbonyl (C=O) groups is 1. The summed E-state index contributed by atoms with van der Waals surface area (Å²) < 4.78 is 26.6. The molecule has 0 saturated carbocycles. The number of H-pyrrole nitrogens is 1. The molecule has 148 valence electrons. The third-order valence-electron chi connectivity index (χ3n) is 3.94. The number of nitrogens with one attached hydrogen (secondary N) is 3. The van der Waals surface area contributed by atoms with Gasteiger partial charge in [-0.3, -0.25) is 14.6 Å². The molecule has 0 aliphatic carbocycles. The second-order valence-corrected chi connectivity index (χ2v) is 8.41. The lowest BCUT2D eigenvalue weighted by Gasteiger charge is -2.08. The molecule has 8 nitrogen and oxygen atoms in total. The highest BCUT2D eigenvalue weighted by Gasteiger charge is 2.14. The number of rotatable bonds is 8. The van der Waals surface area contributed by atoms with Crippen molar-refractivity contribution < 1.29 is 18.3 Å². The Hall–Kier alpha value is -2.78. The van der Waals surface area contributed by atoms with Gasteiger partial charge in [-0.05, 0) is 42.3 Å². The predicted octanol–water partition coefficient (Wildman–Crippen LogP) is 2.82. The number of sulfonamides is 1. The minimum absolute atomic E-state index is 0.0733. The number of phenolic OH excluding ortho intramolecular Hbond substituents is 1. The molecule has 10 heteroatoms. The van der Waals surface area contributed by atoms with E-state index in [-0.39, 0.29) is 29.7 Å². The number of alkyl halides is 1. The van der Waals surface area contributed by atoms with Crippen LogP contribution in [0.5, 0.6) is 5.75 Å². The molecule has 0 fully saturated rings. The number of benzene rings is 2. The van der Waals surface area contributed by atoms with E-state index in [4.69, 9.17) is 11.6 Å². The average molecular weight is 423 g/mol. The van der Waals surface area contributed by atoms with Gasteiger partial charge in [0.15, 0.2) is 5.82 Å². The number of aromatic hydroxyl groups is 1. The van der Waals surface area contributed by atoms with Crippen LogP contribution in [0, 0.1) is 0 Å². The van der Waals surface area contributed by atoms with Gasteiger partial charge in [0.25, 0.3) is 0 Å². The van der Waals surface area contributed by atoms with Crippen LogP contribution < -0.4 is 10.0 Å². The Morgan fingerprint density at radius 3 is 2.64 bits per heavy atom. The SMILES string of the molecule is O=C(Cc1ccc(O)cc1)Nc1n[nH]c2ccc(NS(=O)(=O)CCCCl)cc12. The van der Waals surface area contributed by atoms with Gasteiger partial charge in [0.1, 0.15) is 5.75 Å². The molecule has 0 saturated heterocycles. The largest absolute Gasteiger partial charge is 0.508 e. The summed E-state index contributed by atoms with van der Waals surface area (Å²) in [6.45, 7) is 0. The van der Waals surface area contributed by atoms with E-state index in [1.54, 1.807) is 30.3 Å². The number of aromatic amines is 1. The van der Waals surface area contributed by atoms with Crippen LogP contribution in [0.25, 0.3) is 10.9 Å². The van der Waals surface area contributed by atoms with E-state index in [0.717, 1.165) is 5.56 Å². The maximum Gasteiger partial charge on any atom is 0.232 e. The highest BCUT2D eigenvalue weighted by molar-refractivity contribution is 7.92. The Balaban J connectivity index is 1.74. The van der Waals surface area contributed by atoms with Crippen molar-refractivity contribution in [2.75, 3.05) is 21.7 Å². The molecule has 28 heavy (non-hydrogen) atoms. The van der Waals surface area contributed by atoms with Crippen molar-refractivity contribution in [3.05, 3.63) is 48.0 Å². The maximum atomic E-state index is 12.3. The number of aromatic nitrogens is 2. The second kappa shape index (κ2) is 8.49. The molecule has 3 rings (SSSR count). The summed E-state index contributed by atoms with van der Waals surface area (Å²) in [5, 5.41) is 19.5. The minimum Gasteiger partial charge on any atom is -0.508 e. The number of hydrogen-bond acceptors (Lipinski definition) is 5. The Bertz CT molecular complexity index is 1080. The lowest BCUT2D eigenvalue weighted by atomic mass is 10.1. The van der Waals surface area contributed by atoms with Gasteiger partial charge in [-0.15, -0.1) is 11.6 Å².